The van der Waals surface area contributed by atoms with Crippen LogP contribution in [0.2, 0.25) is 0 Å². The first-order valence-electron chi connectivity index (χ1n) is 10.3. The second-order valence-corrected chi connectivity index (χ2v) is 9.95. The van der Waals surface area contributed by atoms with E-state index < -0.39 is 29.5 Å². The minimum Gasteiger partial charge on any atom is -0.393 e. The third-order valence-electron chi connectivity index (χ3n) is 9.19. The number of carbonyl (C=O) groups is 1. The smallest absolute Gasteiger partial charge is 0.219 e. The number of aliphatic hydroxyl groups excluding tert-OH is 2. The van der Waals surface area contributed by atoms with Gasteiger partial charge in [-0.2, -0.15) is 0 Å². The van der Waals surface area contributed by atoms with Crippen LogP contribution in [0.4, 0.5) is 0 Å². The average Bonchev–Trinajstić information content (AvgIpc) is 3.04. The molecule has 6 nitrogen and oxygen atoms in total. The molecule has 2 unspecified atom stereocenters. The topological polar surface area (TPSA) is 107 Å². The Labute approximate surface area is 159 Å². The van der Waals surface area contributed by atoms with Crippen molar-refractivity contribution in [1.29, 1.82) is 0 Å². The minimum atomic E-state index is -1.95. The molecule has 0 aromatic carbocycles. The number of ketones is 1. The number of fused-ring (bicyclic) bond motifs is 4. The molecule has 1 aliphatic heterocycles. The van der Waals surface area contributed by atoms with E-state index in [2.05, 4.69) is 6.92 Å². The summed E-state index contributed by atoms with van der Waals surface area (Å²) < 4.78 is 5.58. The van der Waals surface area contributed by atoms with Crippen molar-refractivity contribution in [1.82, 2.24) is 0 Å². The predicted octanol–water partition coefficient (Wildman–Crippen LogP) is 0.911. The summed E-state index contributed by atoms with van der Waals surface area (Å²) in [5.41, 5.74) is -1.23. The highest BCUT2D eigenvalue weighted by atomic mass is 16.7. The monoisotopic (exact) mass is 378 g/mol. The molecule has 6 heteroatoms. The molecule has 4 fully saturated rings. The molecule has 8 atom stereocenters. The van der Waals surface area contributed by atoms with Gasteiger partial charge in [0.25, 0.3) is 0 Å². The summed E-state index contributed by atoms with van der Waals surface area (Å²) in [4.78, 5) is 11.9. The van der Waals surface area contributed by atoms with E-state index in [9.17, 15) is 25.2 Å². The van der Waals surface area contributed by atoms with Crippen LogP contribution >= 0.6 is 0 Å². The van der Waals surface area contributed by atoms with Gasteiger partial charge in [-0.05, 0) is 67.8 Å². The van der Waals surface area contributed by atoms with Crippen molar-refractivity contribution >= 4 is 5.78 Å². The molecule has 4 aliphatic carbocycles. The average molecular weight is 378 g/mol. The van der Waals surface area contributed by atoms with Crippen molar-refractivity contribution in [2.24, 2.45) is 28.6 Å². The first kappa shape index (κ1) is 18.3. The van der Waals surface area contributed by atoms with E-state index in [1.807, 2.05) is 6.08 Å². The Morgan fingerprint density at radius 3 is 2.74 bits per heavy atom. The van der Waals surface area contributed by atoms with Gasteiger partial charge in [0.15, 0.2) is 5.78 Å². The first-order valence-corrected chi connectivity index (χ1v) is 10.3. The molecule has 1 heterocycles. The van der Waals surface area contributed by atoms with Crippen LogP contribution in [-0.4, -0.2) is 56.9 Å². The molecule has 0 aromatic rings. The molecule has 5 rings (SSSR count). The number of carbonyl (C=O) groups excluding carboxylic acids is 1. The van der Waals surface area contributed by atoms with Crippen LogP contribution in [0.15, 0.2) is 11.6 Å². The summed E-state index contributed by atoms with van der Waals surface area (Å²) in [6, 6.07) is 0. The number of hydrogen-bond acceptors (Lipinski definition) is 6. The Hall–Kier alpha value is -0.790. The van der Waals surface area contributed by atoms with E-state index in [0.717, 1.165) is 25.7 Å². The number of ether oxygens (including phenoxy) is 1. The maximum atomic E-state index is 11.9. The largest absolute Gasteiger partial charge is 0.393 e. The number of rotatable bonds is 1. The Balaban J connectivity index is 1.56. The van der Waals surface area contributed by atoms with Crippen molar-refractivity contribution in [3.63, 3.8) is 0 Å². The SMILES string of the molecule is C[C@]12CCC(=O)C=C1CC[C@@H]1C2[C@@H](O)C[C@]23COC(O)(CO)[C@@]2(O)CC[C@@H]13. The molecule has 150 valence electrons. The van der Waals surface area contributed by atoms with E-state index in [1.54, 1.807) is 0 Å². The van der Waals surface area contributed by atoms with Gasteiger partial charge in [0.05, 0.1) is 12.7 Å². The van der Waals surface area contributed by atoms with E-state index >= 15 is 0 Å². The van der Waals surface area contributed by atoms with Crippen LogP contribution in [0.5, 0.6) is 0 Å². The highest BCUT2D eigenvalue weighted by Crippen LogP contribution is 2.71. The first-order chi connectivity index (χ1) is 12.7. The van der Waals surface area contributed by atoms with Gasteiger partial charge in [-0.3, -0.25) is 4.79 Å². The molecule has 0 radical (unpaired) electrons. The van der Waals surface area contributed by atoms with Crippen molar-refractivity contribution < 1.29 is 30.0 Å². The van der Waals surface area contributed by atoms with Crippen molar-refractivity contribution in [2.75, 3.05) is 13.2 Å². The molecule has 0 aromatic heterocycles. The van der Waals surface area contributed by atoms with E-state index in [4.69, 9.17) is 4.74 Å². The van der Waals surface area contributed by atoms with Crippen molar-refractivity contribution in [3.8, 4) is 0 Å². The Bertz CT molecular complexity index is 719. The maximum Gasteiger partial charge on any atom is 0.219 e. The van der Waals surface area contributed by atoms with Crippen molar-refractivity contribution in [2.45, 2.75) is 69.4 Å². The van der Waals surface area contributed by atoms with Gasteiger partial charge in [0.2, 0.25) is 5.79 Å². The van der Waals surface area contributed by atoms with E-state index in [1.165, 1.54) is 5.57 Å². The Morgan fingerprint density at radius 2 is 2.00 bits per heavy atom. The van der Waals surface area contributed by atoms with Gasteiger partial charge in [0, 0.05) is 11.8 Å². The van der Waals surface area contributed by atoms with Crippen molar-refractivity contribution in [3.05, 3.63) is 11.6 Å². The van der Waals surface area contributed by atoms with Gasteiger partial charge >= 0.3 is 0 Å². The van der Waals surface area contributed by atoms with Crippen LogP contribution in [0, 0.1) is 28.6 Å². The fourth-order valence-electron chi connectivity index (χ4n) is 7.90. The summed E-state index contributed by atoms with van der Waals surface area (Å²) >= 11 is 0. The lowest BCUT2D eigenvalue weighted by Crippen LogP contribution is -2.64. The molecule has 5 aliphatic rings. The van der Waals surface area contributed by atoms with Crippen LogP contribution < -0.4 is 0 Å². The van der Waals surface area contributed by atoms with E-state index in [0.29, 0.717) is 19.3 Å². The number of hydrogen-bond donors (Lipinski definition) is 4. The van der Waals surface area contributed by atoms with Crippen LogP contribution in [0.25, 0.3) is 0 Å². The molecule has 0 amide bonds. The molecular formula is C21H30O6. The third kappa shape index (κ3) is 1.96. The highest BCUT2D eigenvalue weighted by Gasteiger charge is 2.77. The van der Waals surface area contributed by atoms with Gasteiger partial charge in [0.1, 0.15) is 12.2 Å². The van der Waals surface area contributed by atoms with Gasteiger partial charge in [-0.15, -0.1) is 0 Å². The maximum absolute atomic E-state index is 11.9. The van der Waals surface area contributed by atoms with Gasteiger partial charge < -0.3 is 25.2 Å². The molecule has 1 spiro atoms. The quantitative estimate of drug-likeness (QED) is 0.540. The molecule has 1 saturated heterocycles. The zero-order valence-corrected chi connectivity index (χ0v) is 15.9. The zero-order valence-electron chi connectivity index (χ0n) is 15.9. The summed E-state index contributed by atoms with van der Waals surface area (Å²) in [5, 5.41) is 43.2. The lowest BCUT2D eigenvalue weighted by atomic mass is 9.45. The molecule has 27 heavy (non-hydrogen) atoms. The minimum absolute atomic E-state index is 0.0615. The molecule has 3 saturated carbocycles. The predicted molar refractivity (Wildman–Crippen MR) is 95.4 cm³/mol. The normalized spacial score (nSPS) is 56.8. The number of allylic oxidation sites excluding steroid dienone is 1. The second-order valence-electron chi connectivity index (χ2n) is 9.95. The highest BCUT2D eigenvalue weighted by molar-refractivity contribution is 5.91. The summed E-state index contributed by atoms with van der Waals surface area (Å²) in [7, 11) is 0. The number of aliphatic hydroxyl groups is 4. The van der Waals surface area contributed by atoms with Crippen LogP contribution in [0.1, 0.15) is 51.9 Å². The van der Waals surface area contributed by atoms with Crippen LogP contribution in [0.3, 0.4) is 0 Å². The van der Waals surface area contributed by atoms with Crippen LogP contribution in [-0.2, 0) is 9.53 Å². The van der Waals surface area contributed by atoms with Gasteiger partial charge in [-0.25, -0.2) is 0 Å². The summed E-state index contributed by atoms with van der Waals surface area (Å²) in [5.74, 6) is -1.33. The third-order valence-corrected chi connectivity index (χ3v) is 9.19. The second kappa shape index (κ2) is 5.42. The Morgan fingerprint density at radius 1 is 1.22 bits per heavy atom. The molecular weight excluding hydrogens is 348 g/mol. The standard InChI is InChI=1S/C21H30O6/c1-18-6-4-13(23)8-12(18)2-3-14-15-5-7-20(25)19(15,9-16(24)17(14)18)11-27-21(20,26)10-22/h8,14-17,22,24-26H,2-7,9-11H2,1H3/t14-,15-,16-,17?,18-,19+,20+,21?/m0/s1. The molecule has 4 N–H and O–H groups in total. The zero-order chi connectivity index (χ0) is 19.2. The lowest BCUT2D eigenvalue weighted by molar-refractivity contribution is -0.280. The van der Waals surface area contributed by atoms with E-state index in [-0.39, 0.29) is 35.6 Å². The molecule has 0 bridgehead atoms. The fraction of sp³-hybridized carbons (Fsp3) is 0.857. The lowest BCUT2D eigenvalue weighted by Gasteiger charge is -2.60. The summed E-state index contributed by atoms with van der Waals surface area (Å²) in [6.07, 6.45) is 5.75. The Kier molecular flexibility index (Phi) is 3.66. The summed E-state index contributed by atoms with van der Waals surface area (Å²) in [6.45, 7) is 1.72. The fourth-order valence-corrected chi connectivity index (χ4v) is 7.90. The van der Waals surface area contributed by atoms with Gasteiger partial charge in [-0.1, -0.05) is 12.5 Å².